The van der Waals surface area contributed by atoms with Crippen LogP contribution in [0.2, 0.25) is 0 Å². The summed E-state index contributed by atoms with van der Waals surface area (Å²) >= 11 is 2.17. The predicted octanol–water partition coefficient (Wildman–Crippen LogP) is 1.57. The maximum atomic E-state index is 3.48. The Bertz CT molecular complexity index is 165. The van der Waals surface area contributed by atoms with Gasteiger partial charge in [0.2, 0.25) is 0 Å². The fourth-order valence-electron chi connectivity index (χ4n) is 1.99. The van der Waals surface area contributed by atoms with E-state index in [4.69, 9.17) is 0 Å². The largest absolute Gasteiger partial charge is 0.315 e. The van der Waals surface area contributed by atoms with E-state index in [0.717, 1.165) is 11.3 Å². The first-order chi connectivity index (χ1) is 6.86. The lowest BCUT2D eigenvalue weighted by molar-refractivity contribution is 0.214. The second-order valence-electron chi connectivity index (χ2n) is 4.55. The molecule has 2 nitrogen and oxygen atoms in total. The summed E-state index contributed by atoms with van der Waals surface area (Å²) in [6.07, 6.45) is 5.68. The van der Waals surface area contributed by atoms with E-state index in [0.29, 0.717) is 0 Å². The van der Waals surface area contributed by atoms with Gasteiger partial charge in [-0.3, -0.25) is 0 Å². The van der Waals surface area contributed by atoms with Crippen molar-refractivity contribution >= 4 is 11.8 Å². The highest BCUT2D eigenvalue weighted by Gasteiger charge is 2.22. The summed E-state index contributed by atoms with van der Waals surface area (Å²) in [6, 6.07) is 0.795. The van der Waals surface area contributed by atoms with Gasteiger partial charge in [-0.1, -0.05) is 0 Å². The Kier molecular flexibility index (Phi) is 4.14. The molecule has 1 aliphatic carbocycles. The van der Waals surface area contributed by atoms with Gasteiger partial charge < -0.3 is 10.2 Å². The molecule has 3 heteroatoms. The van der Waals surface area contributed by atoms with Crippen LogP contribution in [0.3, 0.4) is 0 Å². The van der Waals surface area contributed by atoms with E-state index in [1.54, 1.807) is 0 Å². The summed E-state index contributed by atoms with van der Waals surface area (Å²) in [6.45, 7) is 3.69. The minimum Gasteiger partial charge on any atom is -0.315 e. The SMILES string of the molecule is CN(CCSC1CC1)C1CCCNC1. The predicted molar refractivity (Wildman–Crippen MR) is 64.0 cm³/mol. The molecule has 2 fully saturated rings. The van der Waals surface area contributed by atoms with E-state index in [-0.39, 0.29) is 0 Å². The standard InChI is InChI=1S/C11H22N2S/c1-13(7-8-14-11-4-5-11)10-3-2-6-12-9-10/h10-12H,2-9H2,1H3. The van der Waals surface area contributed by atoms with Crippen molar-refractivity contribution < 1.29 is 0 Å². The zero-order valence-corrected chi connectivity index (χ0v) is 9.98. The molecule has 0 radical (unpaired) electrons. The van der Waals surface area contributed by atoms with Crippen LogP contribution in [0.5, 0.6) is 0 Å². The molecule has 2 rings (SSSR count). The van der Waals surface area contributed by atoms with Crippen LogP contribution in [0.1, 0.15) is 25.7 Å². The Balaban J connectivity index is 1.57. The van der Waals surface area contributed by atoms with Crippen LogP contribution in [0.4, 0.5) is 0 Å². The molecule has 1 unspecified atom stereocenters. The minimum atomic E-state index is 0.795. The molecule has 1 heterocycles. The van der Waals surface area contributed by atoms with Crippen molar-refractivity contribution in [3.63, 3.8) is 0 Å². The molecule has 0 aromatic heterocycles. The molecular formula is C11H22N2S. The Morgan fingerprint density at radius 3 is 2.86 bits per heavy atom. The van der Waals surface area contributed by atoms with Crippen molar-refractivity contribution in [2.75, 3.05) is 32.4 Å². The summed E-state index contributed by atoms with van der Waals surface area (Å²) < 4.78 is 0. The molecule has 1 saturated heterocycles. The average molecular weight is 214 g/mol. The van der Waals surface area contributed by atoms with Gasteiger partial charge in [-0.05, 0) is 39.3 Å². The van der Waals surface area contributed by atoms with Crippen molar-refractivity contribution in [1.29, 1.82) is 0 Å². The summed E-state index contributed by atoms with van der Waals surface area (Å²) in [5, 5.41) is 4.50. The van der Waals surface area contributed by atoms with Crippen molar-refractivity contribution in [3.05, 3.63) is 0 Å². The summed E-state index contributed by atoms with van der Waals surface area (Å²) in [4.78, 5) is 2.54. The third kappa shape index (κ3) is 3.44. The second kappa shape index (κ2) is 5.38. The number of hydrogen-bond donors (Lipinski definition) is 1. The molecule has 0 amide bonds. The number of nitrogens with one attached hydrogen (secondary N) is 1. The van der Waals surface area contributed by atoms with Crippen LogP contribution in [-0.4, -0.2) is 48.6 Å². The number of rotatable bonds is 5. The molecule has 0 aromatic carbocycles. The lowest BCUT2D eigenvalue weighted by Gasteiger charge is -2.31. The van der Waals surface area contributed by atoms with E-state index < -0.39 is 0 Å². The molecule has 2 aliphatic rings. The first kappa shape index (κ1) is 10.8. The normalized spacial score (nSPS) is 28.3. The molecule has 14 heavy (non-hydrogen) atoms. The Morgan fingerprint density at radius 2 is 2.21 bits per heavy atom. The van der Waals surface area contributed by atoms with E-state index in [2.05, 4.69) is 29.0 Å². The first-order valence-corrected chi connectivity index (χ1v) is 6.93. The van der Waals surface area contributed by atoms with Crippen LogP contribution in [0.15, 0.2) is 0 Å². The third-order valence-electron chi connectivity index (χ3n) is 3.22. The van der Waals surface area contributed by atoms with Gasteiger partial charge in [-0.15, -0.1) is 0 Å². The molecule has 82 valence electrons. The molecule has 1 N–H and O–H groups in total. The van der Waals surface area contributed by atoms with Crippen molar-refractivity contribution in [2.45, 2.75) is 37.0 Å². The maximum absolute atomic E-state index is 3.48. The van der Waals surface area contributed by atoms with Crippen LogP contribution in [0.25, 0.3) is 0 Å². The maximum Gasteiger partial charge on any atom is 0.0218 e. The van der Waals surface area contributed by atoms with Crippen molar-refractivity contribution in [1.82, 2.24) is 10.2 Å². The van der Waals surface area contributed by atoms with Gasteiger partial charge in [-0.2, -0.15) is 11.8 Å². The highest BCUT2D eigenvalue weighted by atomic mass is 32.2. The van der Waals surface area contributed by atoms with Gasteiger partial charge in [0.25, 0.3) is 0 Å². The zero-order valence-electron chi connectivity index (χ0n) is 9.17. The molecule has 1 saturated carbocycles. The highest BCUT2D eigenvalue weighted by molar-refractivity contribution is 8.00. The number of thioether (sulfide) groups is 1. The fraction of sp³-hybridized carbons (Fsp3) is 1.00. The van der Waals surface area contributed by atoms with Crippen LogP contribution in [0, 0.1) is 0 Å². The van der Waals surface area contributed by atoms with Gasteiger partial charge >= 0.3 is 0 Å². The number of nitrogens with zero attached hydrogens (tertiary/aromatic N) is 1. The second-order valence-corrected chi connectivity index (χ2v) is 5.96. The summed E-state index contributed by atoms with van der Waals surface area (Å²) in [5.41, 5.74) is 0. The first-order valence-electron chi connectivity index (χ1n) is 5.89. The fourth-order valence-corrected chi connectivity index (χ4v) is 3.19. The van der Waals surface area contributed by atoms with Gasteiger partial charge in [-0.25, -0.2) is 0 Å². The lowest BCUT2D eigenvalue weighted by Crippen LogP contribution is -2.44. The molecule has 1 atom stereocenters. The number of hydrogen-bond acceptors (Lipinski definition) is 3. The smallest absolute Gasteiger partial charge is 0.0218 e. The monoisotopic (exact) mass is 214 g/mol. The number of piperidine rings is 1. The summed E-state index contributed by atoms with van der Waals surface area (Å²) in [7, 11) is 2.28. The van der Waals surface area contributed by atoms with E-state index >= 15 is 0 Å². The average Bonchev–Trinajstić information content (AvgIpc) is 3.03. The van der Waals surface area contributed by atoms with Gasteiger partial charge in [0.1, 0.15) is 0 Å². The Hall–Kier alpha value is 0.270. The van der Waals surface area contributed by atoms with E-state index in [1.807, 2.05) is 0 Å². The van der Waals surface area contributed by atoms with E-state index in [9.17, 15) is 0 Å². The van der Waals surface area contributed by atoms with Crippen molar-refractivity contribution in [2.24, 2.45) is 0 Å². The lowest BCUT2D eigenvalue weighted by atomic mass is 10.1. The molecule has 0 bridgehead atoms. The topological polar surface area (TPSA) is 15.3 Å². The summed E-state index contributed by atoms with van der Waals surface area (Å²) in [5.74, 6) is 1.33. The Labute approximate surface area is 91.8 Å². The molecule has 0 aromatic rings. The Morgan fingerprint density at radius 1 is 1.36 bits per heavy atom. The molecular weight excluding hydrogens is 192 g/mol. The van der Waals surface area contributed by atoms with Crippen molar-refractivity contribution in [3.8, 4) is 0 Å². The van der Waals surface area contributed by atoms with Gasteiger partial charge in [0.15, 0.2) is 0 Å². The van der Waals surface area contributed by atoms with Gasteiger partial charge in [0, 0.05) is 30.1 Å². The third-order valence-corrected chi connectivity index (χ3v) is 4.58. The van der Waals surface area contributed by atoms with Crippen LogP contribution >= 0.6 is 11.8 Å². The highest BCUT2D eigenvalue weighted by Crippen LogP contribution is 2.33. The van der Waals surface area contributed by atoms with Crippen LogP contribution < -0.4 is 5.32 Å². The van der Waals surface area contributed by atoms with Crippen LogP contribution in [-0.2, 0) is 0 Å². The quantitative estimate of drug-likeness (QED) is 0.748. The van der Waals surface area contributed by atoms with Gasteiger partial charge in [0.05, 0.1) is 0 Å². The zero-order chi connectivity index (χ0) is 9.80. The van der Waals surface area contributed by atoms with E-state index in [1.165, 1.54) is 51.1 Å². The minimum absolute atomic E-state index is 0.795. The molecule has 1 aliphatic heterocycles. The molecule has 0 spiro atoms. The number of likely N-dealkylation sites (N-methyl/N-ethyl adjacent to an activating group) is 1.